The highest BCUT2D eigenvalue weighted by Crippen LogP contribution is 1.78. The van der Waals surface area contributed by atoms with E-state index >= 15 is 0 Å². The van der Waals surface area contributed by atoms with Crippen LogP contribution in [-0.4, -0.2) is 19.0 Å². The lowest BCUT2D eigenvalue weighted by Crippen LogP contribution is -1.98. The highest BCUT2D eigenvalue weighted by molar-refractivity contribution is 6.25. The third kappa shape index (κ3) is 10.7. The second kappa shape index (κ2) is 6.12. The van der Waals surface area contributed by atoms with Gasteiger partial charge in [0.05, 0.1) is 0 Å². The smallest absolute Gasteiger partial charge is 0.0201 e. The van der Waals surface area contributed by atoms with E-state index in [0.717, 1.165) is 0 Å². The third-order valence-electron chi connectivity index (χ3n) is 0.354. The first-order valence-electron chi connectivity index (χ1n) is 1.70. The molecule has 0 aliphatic rings. The van der Waals surface area contributed by atoms with Gasteiger partial charge in [-0.15, -0.1) is 12.4 Å². The highest BCUT2D eigenvalue weighted by Gasteiger charge is 1.67. The Bertz CT molecular complexity index is 51.7. The summed E-state index contributed by atoms with van der Waals surface area (Å²) in [7, 11) is 3.83. The van der Waals surface area contributed by atoms with Crippen LogP contribution in [0.5, 0.6) is 0 Å². The molecular formula is C4H9Cl2N. The molecule has 0 saturated heterocycles. The molecular weight excluding hydrogens is 133 g/mol. The molecule has 0 bridgehead atoms. The zero-order valence-corrected chi connectivity index (χ0v) is 5.96. The van der Waals surface area contributed by atoms with E-state index in [1.165, 1.54) is 5.54 Å². The van der Waals surface area contributed by atoms with Gasteiger partial charge in [0.25, 0.3) is 0 Å². The highest BCUT2D eigenvalue weighted by atomic mass is 35.5. The van der Waals surface area contributed by atoms with E-state index in [1.54, 1.807) is 6.20 Å². The lowest BCUT2D eigenvalue weighted by atomic mass is 10.9. The van der Waals surface area contributed by atoms with Crippen LogP contribution in [0.15, 0.2) is 11.7 Å². The Morgan fingerprint density at radius 1 is 1.43 bits per heavy atom. The largest absolute Gasteiger partial charge is 0.383 e. The van der Waals surface area contributed by atoms with Crippen molar-refractivity contribution in [3.05, 3.63) is 11.7 Å². The fraction of sp³-hybridized carbons (Fsp3) is 0.500. The number of halogens is 2. The minimum absolute atomic E-state index is 0. The van der Waals surface area contributed by atoms with E-state index < -0.39 is 0 Å². The van der Waals surface area contributed by atoms with Crippen molar-refractivity contribution < 1.29 is 0 Å². The van der Waals surface area contributed by atoms with Gasteiger partial charge in [0, 0.05) is 25.8 Å². The lowest BCUT2D eigenvalue weighted by molar-refractivity contribution is 0.565. The third-order valence-corrected chi connectivity index (χ3v) is 0.467. The molecule has 0 unspecified atom stereocenters. The molecule has 0 aromatic carbocycles. The van der Waals surface area contributed by atoms with E-state index in [0.29, 0.717) is 0 Å². The zero-order valence-electron chi connectivity index (χ0n) is 4.39. The molecule has 0 aromatic rings. The molecule has 7 heavy (non-hydrogen) atoms. The molecule has 0 atom stereocenters. The van der Waals surface area contributed by atoms with Crippen molar-refractivity contribution in [3.63, 3.8) is 0 Å². The monoisotopic (exact) mass is 141 g/mol. The van der Waals surface area contributed by atoms with Crippen molar-refractivity contribution in [2.45, 2.75) is 0 Å². The minimum atomic E-state index is 0. The summed E-state index contributed by atoms with van der Waals surface area (Å²) in [6.07, 6.45) is 1.77. The van der Waals surface area contributed by atoms with Gasteiger partial charge in [0.1, 0.15) is 0 Å². The fourth-order valence-electron chi connectivity index (χ4n) is 0.113. The molecule has 0 saturated carbocycles. The SMILES string of the molecule is CN(C)C=CCl.Cl. The first-order valence-corrected chi connectivity index (χ1v) is 2.14. The summed E-state index contributed by atoms with van der Waals surface area (Å²) in [5.74, 6) is 0. The second-order valence-corrected chi connectivity index (χ2v) is 1.49. The summed E-state index contributed by atoms with van der Waals surface area (Å²) < 4.78 is 0. The standard InChI is InChI=1S/C4H8ClN.ClH/c1-6(2)4-3-5;/h3-4H,1-2H3;1H. The van der Waals surface area contributed by atoms with E-state index in [1.807, 2.05) is 19.0 Å². The molecule has 0 spiro atoms. The summed E-state index contributed by atoms with van der Waals surface area (Å²) in [6.45, 7) is 0. The number of hydrogen-bond acceptors (Lipinski definition) is 1. The summed E-state index contributed by atoms with van der Waals surface area (Å²) in [5.41, 5.74) is 1.47. The quantitative estimate of drug-likeness (QED) is 0.538. The van der Waals surface area contributed by atoms with Crippen LogP contribution in [-0.2, 0) is 0 Å². The molecule has 0 fully saturated rings. The Morgan fingerprint density at radius 3 is 1.86 bits per heavy atom. The normalized spacial score (nSPS) is 8.43. The number of nitrogens with zero attached hydrogens (tertiary/aromatic N) is 1. The maximum Gasteiger partial charge on any atom is 0.0201 e. The van der Waals surface area contributed by atoms with Crippen LogP contribution in [0.3, 0.4) is 0 Å². The molecule has 0 rings (SSSR count). The van der Waals surface area contributed by atoms with Crippen LogP contribution >= 0.6 is 24.0 Å². The second-order valence-electron chi connectivity index (χ2n) is 1.24. The van der Waals surface area contributed by atoms with Crippen LogP contribution in [0, 0.1) is 0 Å². The first kappa shape index (κ1) is 10.2. The Kier molecular flexibility index (Phi) is 8.89. The molecule has 0 amide bonds. The fourth-order valence-corrected chi connectivity index (χ4v) is 0.338. The number of hydrogen-bond donors (Lipinski definition) is 0. The Morgan fingerprint density at radius 2 is 1.86 bits per heavy atom. The summed E-state index contributed by atoms with van der Waals surface area (Å²) in [4.78, 5) is 1.87. The topological polar surface area (TPSA) is 3.24 Å². The zero-order chi connectivity index (χ0) is 4.99. The molecule has 44 valence electrons. The molecule has 3 heteroatoms. The number of rotatable bonds is 1. The summed E-state index contributed by atoms with van der Waals surface area (Å²) in [6, 6.07) is 0. The van der Waals surface area contributed by atoms with Gasteiger partial charge >= 0.3 is 0 Å². The molecule has 0 aromatic heterocycles. The molecule has 0 aliphatic heterocycles. The Balaban J connectivity index is 0. The van der Waals surface area contributed by atoms with Gasteiger partial charge in [-0.3, -0.25) is 0 Å². The van der Waals surface area contributed by atoms with Crippen LogP contribution in [0.2, 0.25) is 0 Å². The molecule has 0 radical (unpaired) electrons. The Labute approximate surface area is 55.4 Å². The van der Waals surface area contributed by atoms with Gasteiger partial charge in [0.2, 0.25) is 0 Å². The van der Waals surface area contributed by atoms with Gasteiger partial charge in [-0.25, -0.2) is 0 Å². The predicted molar refractivity (Wildman–Crippen MR) is 35.9 cm³/mol. The van der Waals surface area contributed by atoms with Gasteiger partial charge < -0.3 is 4.90 Å². The predicted octanol–water partition coefficient (Wildman–Crippen LogP) is 1.68. The lowest BCUT2D eigenvalue weighted by Gasteiger charge is -1.99. The average molecular weight is 142 g/mol. The van der Waals surface area contributed by atoms with Gasteiger partial charge in [-0.2, -0.15) is 0 Å². The molecule has 0 N–H and O–H groups in total. The summed E-state index contributed by atoms with van der Waals surface area (Å²) >= 11 is 5.17. The van der Waals surface area contributed by atoms with Crippen LogP contribution in [0.25, 0.3) is 0 Å². The van der Waals surface area contributed by atoms with Crippen molar-refractivity contribution in [1.82, 2.24) is 4.90 Å². The van der Waals surface area contributed by atoms with Gasteiger partial charge in [0.15, 0.2) is 0 Å². The first-order chi connectivity index (χ1) is 2.77. The Hall–Kier alpha value is 0.120. The van der Waals surface area contributed by atoms with E-state index in [4.69, 9.17) is 11.6 Å². The average Bonchev–Trinajstić information content (AvgIpc) is 1.35. The van der Waals surface area contributed by atoms with Crippen molar-refractivity contribution in [3.8, 4) is 0 Å². The maximum absolute atomic E-state index is 5.17. The summed E-state index contributed by atoms with van der Waals surface area (Å²) in [5, 5.41) is 0. The van der Waals surface area contributed by atoms with E-state index in [-0.39, 0.29) is 12.4 Å². The molecule has 0 aliphatic carbocycles. The maximum atomic E-state index is 5.17. The van der Waals surface area contributed by atoms with E-state index in [2.05, 4.69) is 0 Å². The van der Waals surface area contributed by atoms with Crippen molar-refractivity contribution in [1.29, 1.82) is 0 Å². The van der Waals surface area contributed by atoms with E-state index in [9.17, 15) is 0 Å². The molecule has 1 nitrogen and oxygen atoms in total. The van der Waals surface area contributed by atoms with Crippen molar-refractivity contribution >= 4 is 24.0 Å². The molecule has 0 heterocycles. The van der Waals surface area contributed by atoms with Crippen LogP contribution < -0.4 is 0 Å². The van der Waals surface area contributed by atoms with Gasteiger partial charge in [-0.1, -0.05) is 11.6 Å². The van der Waals surface area contributed by atoms with Crippen molar-refractivity contribution in [2.24, 2.45) is 0 Å². The van der Waals surface area contributed by atoms with Crippen molar-refractivity contribution in [2.75, 3.05) is 14.1 Å². The van der Waals surface area contributed by atoms with Gasteiger partial charge in [-0.05, 0) is 0 Å². The minimum Gasteiger partial charge on any atom is -0.383 e. The van der Waals surface area contributed by atoms with Crippen LogP contribution in [0.4, 0.5) is 0 Å². The van der Waals surface area contributed by atoms with Crippen LogP contribution in [0.1, 0.15) is 0 Å².